The van der Waals surface area contributed by atoms with E-state index >= 15 is 4.79 Å². The SMILES string of the molecule is N#Cc1ccccc1-c1ccc2c(c1)c1cc(-c3ccccc3C#N)ccc1n2-c1cccc2c1C(=O)N(c1ccc(-c3ccccc3)cc1-c1ccccc1)COC2. The normalized spacial score (nSPS) is 12.5. The van der Waals surface area contributed by atoms with Crippen molar-refractivity contribution in [3.8, 4) is 62.3 Å². The number of ether oxygens (including phenoxy) is 1. The van der Waals surface area contributed by atoms with E-state index < -0.39 is 0 Å². The van der Waals surface area contributed by atoms with Gasteiger partial charge in [-0.3, -0.25) is 9.69 Å². The molecule has 6 heteroatoms. The molecule has 1 aliphatic rings. The van der Waals surface area contributed by atoms with Crippen LogP contribution in [0.4, 0.5) is 5.69 Å². The van der Waals surface area contributed by atoms with Gasteiger partial charge in [0, 0.05) is 16.3 Å². The van der Waals surface area contributed by atoms with E-state index in [0.717, 1.165) is 83.3 Å². The fourth-order valence-electron chi connectivity index (χ4n) is 8.47. The molecule has 8 aromatic carbocycles. The zero-order chi connectivity index (χ0) is 39.9. The van der Waals surface area contributed by atoms with Gasteiger partial charge in [-0.05, 0) is 99.1 Å². The Morgan fingerprint density at radius 1 is 0.475 bits per heavy atom. The molecule has 1 amide bonds. The minimum Gasteiger partial charge on any atom is -0.356 e. The maximum atomic E-state index is 15.4. The Balaban J connectivity index is 1.19. The lowest BCUT2D eigenvalue weighted by molar-refractivity contribution is 0.0905. The van der Waals surface area contributed by atoms with E-state index in [1.807, 2.05) is 121 Å². The Labute approximate surface area is 341 Å². The molecule has 0 bridgehead atoms. The molecular formula is C53H34N4O2. The van der Waals surface area contributed by atoms with Crippen LogP contribution < -0.4 is 4.90 Å². The van der Waals surface area contributed by atoms with E-state index in [4.69, 9.17) is 4.74 Å². The van der Waals surface area contributed by atoms with Gasteiger partial charge in [-0.15, -0.1) is 0 Å². The van der Waals surface area contributed by atoms with Crippen LogP contribution in [-0.4, -0.2) is 17.2 Å². The van der Waals surface area contributed by atoms with E-state index in [-0.39, 0.29) is 19.2 Å². The summed E-state index contributed by atoms with van der Waals surface area (Å²) in [7, 11) is 0. The number of anilines is 1. The van der Waals surface area contributed by atoms with E-state index in [1.54, 1.807) is 4.90 Å². The van der Waals surface area contributed by atoms with Crippen molar-refractivity contribution in [2.24, 2.45) is 0 Å². The molecule has 0 unspecified atom stereocenters. The van der Waals surface area contributed by atoms with Gasteiger partial charge in [0.15, 0.2) is 0 Å². The molecule has 1 aromatic heterocycles. The number of hydrogen-bond acceptors (Lipinski definition) is 4. The highest BCUT2D eigenvalue weighted by molar-refractivity contribution is 6.15. The number of carbonyl (C=O) groups excluding carboxylic acids is 1. The number of carbonyl (C=O) groups is 1. The topological polar surface area (TPSA) is 82.0 Å². The molecule has 2 heterocycles. The number of aromatic nitrogens is 1. The second-order valence-corrected chi connectivity index (χ2v) is 14.6. The maximum absolute atomic E-state index is 15.4. The highest BCUT2D eigenvalue weighted by atomic mass is 16.5. The van der Waals surface area contributed by atoms with Crippen molar-refractivity contribution in [3.05, 3.63) is 204 Å². The third-order valence-electron chi connectivity index (χ3n) is 11.3. The predicted molar refractivity (Wildman–Crippen MR) is 235 cm³/mol. The summed E-state index contributed by atoms with van der Waals surface area (Å²) in [5, 5.41) is 21.9. The fourth-order valence-corrected chi connectivity index (χ4v) is 8.47. The monoisotopic (exact) mass is 758 g/mol. The summed E-state index contributed by atoms with van der Waals surface area (Å²) in [6.45, 7) is 0.337. The molecule has 0 saturated carbocycles. The Hall–Kier alpha value is -8.03. The van der Waals surface area contributed by atoms with Crippen LogP contribution in [0.15, 0.2) is 182 Å². The quantitative estimate of drug-likeness (QED) is 0.169. The second-order valence-electron chi connectivity index (χ2n) is 14.6. The summed E-state index contributed by atoms with van der Waals surface area (Å²) in [6, 6.07) is 65.0. The molecule has 0 atom stereocenters. The smallest absolute Gasteiger partial charge is 0.262 e. The molecular weight excluding hydrogens is 725 g/mol. The average Bonchev–Trinajstić information content (AvgIpc) is 3.52. The Morgan fingerprint density at radius 2 is 1.03 bits per heavy atom. The van der Waals surface area contributed by atoms with Crippen LogP contribution in [0, 0.1) is 22.7 Å². The van der Waals surface area contributed by atoms with Crippen molar-refractivity contribution in [2.75, 3.05) is 11.6 Å². The fraction of sp³-hybridized carbons (Fsp3) is 0.0377. The zero-order valence-corrected chi connectivity index (χ0v) is 31.8. The summed E-state index contributed by atoms with van der Waals surface area (Å²) in [5.74, 6) is -0.160. The van der Waals surface area contributed by atoms with E-state index in [0.29, 0.717) is 16.7 Å². The standard InChI is InChI=1S/C53H34N4O2/c54-31-40-16-7-9-19-43(40)38-23-26-49-46(29-38)47-30-39(44-20-10-8-17-41(44)32-55)24-27-50(47)57(49)51-21-11-18-42-33-59-34-56(53(58)52(42)51)48-25-22-37(35-12-3-1-4-13-35)28-45(48)36-14-5-2-6-15-36/h1-30H,33-34H2. The van der Waals surface area contributed by atoms with Crippen molar-refractivity contribution in [1.29, 1.82) is 10.5 Å². The van der Waals surface area contributed by atoms with Gasteiger partial charge in [-0.25, -0.2) is 0 Å². The van der Waals surface area contributed by atoms with E-state index in [2.05, 4.69) is 77.4 Å². The van der Waals surface area contributed by atoms with Crippen LogP contribution in [0.1, 0.15) is 27.0 Å². The zero-order valence-electron chi connectivity index (χ0n) is 31.8. The molecule has 0 aliphatic carbocycles. The van der Waals surface area contributed by atoms with Crippen molar-refractivity contribution in [2.45, 2.75) is 6.61 Å². The minimum atomic E-state index is -0.160. The van der Waals surface area contributed by atoms with Gasteiger partial charge < -0.3 is 9.30 Å². The highest BCUT2D eigenvalue weighted by Gasteiger charge is 2.30. The van der Waals surface area contributed by atoms with Gasteiger partial charge in [-0.1, -0.05) is 127 Å². The number of rotatable bonds is 6. The predicted octanol–water partition coefficient (Wildman–Crippen LogP) is 12.3. The van der Waals surface area contributed by atoms with Gasteiger partial charge in [0.2, 0.25) is 0 Å². The van der Waals surface area contributed by atoms with Gasteiger partial charge in [0.05, 0.1) is 57.8 Å². The van der Waals surface area contributed by atoms with E-state index in [1.165, 1.54) is 0 Å². The third kappa shape index (κ3) is 6.13. The van der Waals surface area contributed by atoms with Crippen molar-refractivity contribution in [3.63, 3.8) is 0 Å². The summed E-state index contributed by atoms with van der Waals surface area (Å²) >= 11 is 0. The van der Waals surface area contributed by atoms with Gasteiger partial charge in [-0.2, -0.15) is 10.5 Å². The minimum absolute atomic E-state index is 0.0773. The first-order valence-electron chi connectivity index (χ1n) is 19.5. The summed E-state index contributed by atoms with van der Waals surface area (Å²) < 4.78 is 8.50. The molecule has 10 rings (SSSR count). The molecule has 278 valence electrons. The van der Waals surface area contributed by atoms with Gasteiger partial charge in [0.25, 0.3) is 5.91 Å². The van der Waals surface area contributed by atoms with Crippen LogP contribution in [-0.2, 0) is 11.3 Å². The maximum Gasteiger partial charge on any atom is 0.262 e. The number of benzene rings is 8. The lowest BCUT2D eigenvalue weighted by atomic mass is 9.96. The molecule has 0 spiro atoms. The number of fused-ring (bicyclic) bond motifs is 4. The van der Waals surface area contributed by atoms with Gasteiger partial charge >= 0.3 is 0 Å². The number of nitrogens with zero attached hydrogens (tertiary/aromatic N) is 4. The average molecular weight is 759 g/mol. The Kier molecular flexibility index (Phi) is 8.88. The molecule has 9 aromatic rings. The van der Waals surface area contributed by atoms with Crippen molar-refractivity contribution in [1.82, 2.24) is 4.57 Å². The number of amides is 1. The first-order chi connectivity index (χ1) is 29.1. The third-order valence-corrected chi connectivity index (χ3v) is 11.3. The van der Waals surface area contributed by atoms with Crippen LogP contribution in [0.25, 0.3) is 72.0 Å². The summed E-state index contributed by atoms with van der Waals surface area (Å²) in [5.41, 5.74) is 13.4. The molecule has 0 saturated heterocycles. The summed E-state index contributed by atoms with van der Waals surface area (Å²) in [6.07, 6.45) is 0. The molecule has 0 N–H and O–H groups in total. The lowest BCUT2D eigenvalue weighted by Gasteiger charge is -2.25. The number of nitriles is 2. The molecule has 6 nitrogen and oxygen atoms in total. The second kappa shape index (κ2) is 14.8. The summed E-state index contributed by atoms with van der Waals surface area (Å²) in [4.78, 5) is 17.1. The highest BCUT2D eigenvalue weighted by Crippen LogP contribution is 2.41. The van der Waals surface area contributed by atoms with Crippen molar-refractivity contribution >= 4 is 33.4 Å². The Bertz CT molecular complexity index is 3070. The van der Waals surface area contributed by atoms with Crippen LogP contribution in [0.3, 0.4) is 0 Å². The lowest BCUT2D eigenvalue weighted by Crippen LogP contribution is -2.32. The van der Waals surface area contributed by atoms with Crippen LogP contribution in [0.2, 0.25) is 0 Å². The first-order valence-corrected chi connectivity index (χ1v) is 19.5. The molecule has 0 radical (unpaired) electrons. The van der Waals surface area contributed by atoms with Crippen molar-refractivity contribution < 1.29 is 9.53 Å². The molecule has 59 heavy (non-hydrogen) atoms. The van der Waals surface area contributed by atoms with Crippen LogP contribution in [0.5, 0.6) is 0 Å². The Morgan fingerprint density at radius 3 is 1.64 bits per heavy atom. The largest absolute Gasteiger partial charge is 0.356 e. The first kappa shape index (κ1) is 35.4. The molecule has 1 aliphatic heterocycles. The van der Waals surface area contributed by atoms with E-state index in [9.17, 15) is 10.5 Å². The molecule has 0 fully saturated rings. The van der Waals surface area contributed by atoms with Gasteiger partial charge in [0.1, 0.15) is 6.73 Å². The van der Waals surface area contributed by atoms with Crippen LogP contribution >= 0.6 is 0 Å². The number of hydrogen-bond donors (Lipinski definition) is 0.